The fraction of sp³-hybridized carbons (Fsp3) is 0.632. The predicted octanol–water partition coefficient (Wildman–Crippen LogP) is 2.59. The first kappa shape index (κ1) is 15.8. The van der Waals surface area contributed by atoms with Crippen LogP contribution in [0, 0.1) is 5.92 Å². The molecule has 0 aromatic heterocycles. The normalized spacial score (nSPS) is 22.4. The monoisotopic (exact) mass is 331 g/mol. The van der Waals surface area contributed by atoms with Crippen molar-refractivity contribution >= 4 is 5.91 Å². The molecular weight excluding hydrogens is 306 g/mol. The third-order valence-corrected chi connectivity index (χ3v) is 5.39. The van der Waals surface area contributed by atoms with Crippen molar-refractivity contribution in [3.63, 3.8) is 0 Å². The van der Waals surface area contributed by atoms with Crippen LogP contribution in [0.5, 0.6) is 11.5 Å². The van der Waals surface area contributed by atoms with E-state index < -0.39 is 0 Å². The molecule has 1 saturated heterocycles. The van der Waals surface area contributed by atoms with Crippen LogP contribution in [-0.4, -0.2) is 50.3 Å². The summed E-state index contributed by atoms with van der Waals surface area (Å²) in [5.74, 6) is 2.18. The third-order valence-electron chi connectivity index (χ3n) is 5.39. The Labute approximate surface area is 142 Å². The molecule has 24 heavy (non-hydrogen) atoms. The first-order valence-electron chi connectivity index (χ1n) is 9.09. The number of ether oxygens (including phenoxy) is 3. The molecule has 2 heterocycles. The van der Waals surface area contributed by atoms with Crippen LogP contribution in [0.3, 0.4) is 0 Å². The molecular formula is C19H25NO4. The van der Waals surface area contributed by atoms with E-state index in [4.69, 9.17) is 14.2 Å². The highest BCUT2D eigenvalue weighted by molar-refractivity contribution is 5.84. The minimum Gasteiger partial charge on any atom is -0.486 e. The average Bonchev–Trinajstić information content (AvgIpc) is 3.17. The van der Waals surface area contributed by atoms with Crippen molar-refractivity contribution in [2.75, 3.05) is 39.5 Å². The zero-order valence-electron chi connectivity index (χ0n) is 14.0. The van der Waals surface area contributed by atoms with Crippen molar-refractivity contribution in [1.82, 2.24) is 4.90 Å². The van der Waals surface area contributed by atoms with Gasteiger partial charge in [0.2, 0.25) is 5.91 Å². The molecule has 1 aliphatic carbocycles. The van der Waals surface area contributed by atoms with Crippen LogP contribution in [0.2, 0.25) is 0 Å². The van der Waals surface area contributed by atoms with E-state index >= 15 is 0 Å². The molecule has 3 aliphatic rings. The van der Waals surface area contributed by atoms with Crippen LogP contribution < -0.4 is 9.47 Å². The molecule has 0 radical (unpaired) electrons. The lowest BCUT2D eigenvalue weighted by Gasteiger charge is -2.33. The van der Waals surface area contributed by atoms with Gasteiger partial charge in [-0.3, -0.25) is 4.79 Å². The Morgan fingerprint density at radius 3 is 2.46 bits per heavy atom. The number of carbonyl (C=O) groups is 1. The second-order valence-electron chi connectivity index (χ2n) is 6.86. The molecule has 0 spiro atoms. The Morgan fingerprint density at radius 1 is 1.00 bits per heavy atom. The fourth-order valence-corrected chi connectivity index (χ4v) is 4.14. The molecule has 0 N–H and O–H groups in total. The topological polar surface area (TPSA) is 48.0 Å². The molecule has 1 unspecified atom stereocenters. The van der Waals surface area contributed by atoms with E-state index in [9.17, 15) is 4.79 Å². The standard InChI is InChI=1S/C19H25NO4/c21-19(20-7-9-22-10-8-20)18(14-3-1-2-4-14)15-5-6-16-17(13-15)24-12-11-23-16/h5-6,13-14,18H,1-4,7-12H2. The average molecular weight is 331 g/mol. The van der Waals surface area contributed by atoms with Gasteiger partial charge >= 0.3 is 0 Å². The van der Waals surface area contributed by atoms with Gasteiger partial charge in [0.25, 0.3) is 0 Å². The maximum absolute atomic E-state index is 13.3. The lowest BCUT2D eigenvalue weighted by atomic mass is 9.83. The lowest BCUT2D eigenvalue weighted by molar-refractivity contribution is -0.138. The van der Waals surface area contributed by atoms with Gasteiger partial charge in [-0.15, -0.1) is 0 Å². The number of rotatable bonds is 3. The number of hydrogen-bond acceptors (Lipinski definition) is 4. The van der Waals surface area contributed by atoms with Crippen molar-refractivity contribution in [3.8, 4) is 11.5 Å². The van der Waals surface area contributed by atoms with E-state index in [0.29, 0.717) is 45.4 Å². The molecule has 1 aromatic carbocycles. The van der Waals surface area contributed by atoms with E-state index in [0.717, 1.165) is 29.9 Å². The van der Waals surface area contributed by atoms with Crippen LogP contribution in [0.15, 0.2) is 18.2 Å². The minimum atomic E-state index is -0.0681. The van der Waals surface area contributed by atoms with E-state index in [2.05, 4.69) is 6.07 Å². The van der Waals surface area contributed by atoms with Crippen LogP contribution in [0.25, 0.3) is 0 Å². The maximum atomic E-state index is 13.3. The van der Waals surface area contributed by atoms with Gasteiger partial charge < -0.3 is 19.1 Å². The number of benzene rings is 1. The van der Waals surface area contributed by atoms with Crippen molar-refractivity contribution in [1.29, 1.82) is 0 Å². The van der Waals surface area contributed by atoms with Gasteiger partial charge in [-0.2, -0.15) is 0 Å². The van der Waals surface area contributed by atoms with Gasteiger partial charge in [0.1, 0.15) is 13.2 Å². The SMILES string of the molecule is O=C(C(c1ccc2c(c1)OCCO2)C1CCCC1)N1CCOCC1. The van der Waals surface area contributed by atoms with Crippen molar-refractivity contribution in [3.05, 3.63) is 23.8 Å². The smallest absolute Gasteiger partial charge is 0.230 e. The summed E-state index contributed by atoms with van der Waals surface area (Å²) in [6, 6.07) is 6.03. The molecule has 4 rings (SSSR count). The van der Waals surface area contributed by atoms with Crippen molar-refractivity contribution in [2.45, 2.75) is 31.6 Å². The summed E-state index contributed by atoms with van der Waals surface area (Å²) in [6.07, 6.45) is 4.72. The number of nitrogens with zero attached hydrogens (tertiary/aromatic N) is 1. The zero-order valence-corrected chi connectivity index (χ0v) is 14.0. The highest BCUT2D eigenvalue weighted by Crippen LogP contribution is 2.41. The molecule has 5 nitrogen and oxygen atoms in total. The molecule has 2 aliphatic heterocycles. The summed E-state index contributed by atoms with van der Waals surface area (Å²) < 4.78 is 16.8. The summed E-state index contributed by atoms with van der Waals surface area (Å²) in [7, 11) is 0. The lowest BCUT2D eigenvalue weighted by Crippen LogP contribution is -2.44. The van der Waals surface area contributed by atoms with Gasteiger partial charge in [-0.05, 0) is 36.5 Å². The predicted molar refractivity (Wildman–Crippen MR) is 89.5 cm³/mol. The van der Waals surface area contributed by atoms with E-state index in [1.165, 1.54) is 12.8 Å². The highest BCUT2D eigenvalue weighted by Gasteiger charge is 2.35. The van der Waals surface area contributed by atoms with Crippen molar-refractivity contribution in [2.24, 2.45) is 5.92 Å². The summed E-state index contributed by atoms with van der Waals surface area (Å²) in [5, 5.41) is 0. The summed E-state index contributed by atoms with van der Waals surface area (Å²) >= 11 is 0. The van der Waals surface area contributed by atoms with Gasteiger partial charge in [0, 0.05) is 13.1 Å². The Morgan fingerprint density at radius 2 is 1.71 bits per heavy atom. The van der Waals surface area contributed by atoms with Crippen LogP contribution in [0.1, 0.15) is 37.2 Å². The molecule has 2 fully saturated rings. The first-order chi connectivity index (χ1) is 11.8. The largest absolute Gasteiger partial charge is 0.486 e. The second-order valence-corrected chi connectivity index (χ2v) is 6.86. The number of hydrogen-bond donors (Lipinski definition) is 0. The molecule has 1 atom stereocenters. The van der Waals surface area contributed by atoms with E-state index in [1.807, 2.05) is 17.0 Å². The summed E-state index contributed by atoms with van der Waals surface area (Å²) in [5.41, 5.74) is 1.07. The second kappa shape index (κ2) is 7.01. The van der Waals surface area contributed by atoms with Crippen LogP contribution in [-0.2, 0) is 9.53 Å². The van der Waals surface area contributed by atoms with E-state index in [1.54, 1.807) is 0 Å². The summed E-state index contributed by atoms with van der Waals surface area (Å²) in [6.45, 7) is 3.85. The molecule has 0 bridgehead atoms. The number of amides is 1. The molecule has 1 amide bonds. The van der Waals surface area contributed by atoms with Gasteiger partial charge in [-0.1, -0.05) is 18.9 Å². The highest BCUT2D eigenvalue weighted by atomic mass is 16.6. The quantitative estimate of drug-likeness (QED) is 0.854. The molecule has 130 valence electrons. The number of carbonyl (C=O) groups excluding carboxylic acids is 1. The Kier molecular flexibility index (Phi) is 4.60. The molecule has 1 saturated carbocycles. The van der Waals surface area contributed by atoms with E-state index in [-0.39, 0.29) is 11.8 Å². The number of morpholine rings is 1. The first-order valence-corrected chi connectivity index (χ1v) is 9.09. The van der Waals surface area contributed by atoms with Crippen molar-refractivity contribution < 1.29 is 19.0 Å². The van der Waals surface area contributed by atoms with Gasteiger partial charge in [-0.25, -0.2) is 0 Å². The van der Waals surface area contributed by atoms with Gasteiger partial charge in [0.05, 0.1) is 19.1 Å². The number of fused-ring (bicyclic) bond motifs is 1. The molecule has 5 heteroatoms. The Hall–Kier alpha value is -1.75. The Bertz CT molecular complexity index is 591. The van der Waals surface area contributed by atoms with Crippen LogP contribution >= 0.6 is 0 Å². The minimum absolute atomic E-state index is 0.0681. The van der Waals surface area contributed by atoms with Gasteiger partial charge in [0.15, 0.2) is 11.5 Å². The summed E-state index contributed by atoms with van der Waals surface area (Å²) in [4.78, 5) is 15.2. The third kappa shape index (κ3) is 3.09. The van der Waals surface area contributed by atoms with Crippen LogP contribution in [0.4, 0.5) is 0 Å². The maximum Gasteiger partial charge on any atom is 0.230 e. The molecule has 1 aromatic rings. The Balaban J connectivity index is 1.63. The fourth-order valence-electron chi connectivity index (χ4n) is 4.14. The zero-order chi connectivity index (χ0) is 16.4.